The van der Waals surface area contributed by atoms with Gasteiger partial charge in [-0.15, -0.1) is 0 Å². The normalized spacial score (nSPS) is 58.4. The summed E-state index contributed by atoms with van der Waals surface area (Å²) in [5.41, 5.74) is 1.45. The molecule has 5 aliphatic heterocycles. The Labute approximate surface area is 417 Å². The molecule has 0 radical (unpaired) electrons. The molecule has 5 saturated heterocycles. The van der Waals surface area contributed by atoms with Gasteiger partial charge in [0.05, 0.1) is 49.8 Å². The predicted molar refractivity (Wildman–Crippen MR) is 247 cm³/mol. The van der Waals surface area contributed by atoms with E-state index in [1.54, 1.807) is 13.8 Å². The van der Waals surface area contributed by atoms with Crippen molar-refractivity contribution in [1.29, 1.82) is 0 Å². The quantitative estimate of drug-likeness (QED) is 0.143. The maximum atomic E-state index is 12.3. The molecular formula is C52H84O19. The van der Waals surface area contributed by atoms with E-state index < -0.39 is 141 Å². The minimum Gasteiger partial charge on any atom is -0.394 e. The van der Waals surface area contributed by atoms with E-state index in [9.17, 15) is 51.1 Å². The highest BCUT2D eigenvalue weighted by atomic mass is 16.8. The van der Waals surface area contributed by atoms with Crippen LogP contribution in [0.4, 0.5) is 0 Å². The van der Waals surface area contributed by atoms with E-state index in [1.165, 1.54) is 12.5 Å². The third-order valence-corrected chi connectivity index (χ3v) is 20.2. The molecule has 19 nitrogen and oxygen atoms in total. The molecule has 4 saturated carbocycles. The first kappa shape index (κ1) is 53.4. The molecule has 0 aromatic heterocycles. The molecule has 10 rings (SSSR count). The number of hydrogen-bond donors (Lipinski definition) is 10. The number of ether oxygens (including phenoxy) is 9. The van der Waals surface area contributed by atoms with Crippen molar-refractivity contribution in [1.82, 2.24) is 0 Å². The van der Waals surface area contributed by atoms with Gasteiger partial charge >= 0.3 is 0 Å². The molecule has 1 spiro atoms. The first-order valence-corrected chi connectivity index (χ1v) is 26.9. The van der Waals surface area contributed by atoms with Crippen molar-refractivity contribution in [3.63, 3.8) is 0 Å². The summed E-state index contributed by atoms with van der Waals surface area (Å²) < 4.78 is 57.1. The average molecular weight is 1010 g/mol. The zero-order chi connectivity index (χ0) is 50.8. The minimum atomic E-state index is -1.79. The number of allylic oxidation sites excluding steroid dienone is 1. The molecule has 5 heterocycles. The van der Waals surface area contributed by atoms with Crippen LogP contribution in [-0.2, 0) is 42.6 Å². The van der Waals surface area contributed by atoms with Crippen molar-refractivity contribution < 1.29 is 93.7 Å². The van der Waals surface area contributed by atoms with Crippen molar-refractivity contribution in [2.24, 2.45) is 52.3 Å². The lowest BCUT2D eigenvalue weighted by Crippen LogP contribution is -2.67. The Morgan fingerprint density at radius 3 is 2.01 bits per heavy atom. The fourth-order valence-corrected chi connectivity index (χ4v) is 15.9. The largest absolute Gasteiger partial charge is 0.394 e. The van der Waals surface area contributed by atoms with Crippen LogP contribution in [0, 0.1) is 52.3 Å². The van der Waals surface area contributed by atoms with Gasteiger partial charge in [-0.05, 0) is 118 Å². The van der Waals surface area contributed by atoms with Gasteiger partial charge in [0, 0.05) is 12.3 Å². The third kappa shape index (κ3) is 9.04. The first-order valence-electron chi connectivity index (χ1n) is 26.9. The highest BCUT2D eigenvalue weighted by Crippen LogP contribution is 2.71. The summed E-state index contributed by atoms with van der Waals surface area (Å²) >= 11 is 0. The highest BCUT2D eigenvalue weighted by molar-refractivity contribution is 5.26. The summed E-state index contributed by atoms with van der Waals surface area (Å²) in [6.45, 7) is 14.4. The Balaban J connectivity index is 0.836. The molecular weight excluding hydrogens is 929 g/mol. The van der Waals surface area contributed by atoms with Gasteiger partial charge in [-0.25, -0.2) is 0 Å². The molecule has 0 unspecified atom stereocenters. The Hall–Kier alpha value is -1.02. The van der Waals surface area contributed by atoms with Crippen molar-refractivity contribution in [2.75, 3.05) is 13.2 Å². The van der Waals surface area contributed by atoms with E-state index in [4.69, 9.17) is 42.6 Å². The van der Waals surface area contributed by atoms with E-state index in [2.05, 4.69) is 33.8 Å². The lowest BCUT2D eigenvalue weighted by Gasteiger charge is -2.59. The summed E-state index contributed by atoms with van der Waals surface area (Å²) in [5.74, 6) is 2.06. The van der Waals surface area contributed by atoms with Gasteiger partial charge in [0.25, 0.3) is 0 Å². The minimum absolute atomic E-state index is 0.0499. The van der Waals surface area contributed by atoms with Gasteiger partial charge in [0.2, 0.25) is 0 Å². The van der Waals surface area contributed by atoms with Crippen LogP contribution >= 0.6 is 0 Å². The van der Waals surface area contributed by atoms with E-state index >= 15 is 0 Å². The SMILES string of the molecule is C[C@H]1CC[C@@]2(OC1)O[C@H]1C[C@@H]3[C@@H]4CC=C5C[C@@H](O[C@@H]6O[C@H](CO)[C@@H](O[C@@H]7O[C@@H](C)[C@H](O[C@@H]8C[C@@H](C)[C@H](O)[C@@H](O)[C@H]8O)[C@@H](O)[C@H]7O)[C@H](O)[C@H]6O[C@@H]6O[C@@H](C)[C@H](O)[C@@H](O)[C@H]6O)CC[C@]5(C)[C@H]4CC[C@]3(C)[C@H]1[C@@H]2C. The lowest BCUT2D eigenvalue weighted by atomic mass is 9.47. The van der Waals surface area contributed by atoms with Crippen molar-refractivity contribution >= 4 is 0 Å². The molecule has 9 fully saturated rings. The molecule has 406 valence electrons. The topological polar surface area (TPSA) is 285 Å². The molecule has 19 heteroatoms. The number of rotatable bonds is 9. The van der Waals surface area contributed by atoms with Crippen LogP contribution in [0.2, 0.25) is 0 Å². The maximum Gasteiger partial charge on any atom is 0.187 e. The molecule has 0 bridgehead atoms. The summed E-state index contributed by atoms with van der Waals surface area (Å²) in [7, 11) is 0. The Bertz CT molecular complexity index is 1890. The van der Waals surface area contributed by atoms with Crippen LogP contribution in [-0.4, -0.2) is 199 Å². The first-order chi connectivity index (χ1) is 33.6. The molecule has 10 aliphatic rings. The molecule has 0 aromatic carbocycles. The van der Waals surface area contributed by atoms with Crippen molar-refractivity contribution in [3.05, 3.63) is 11.6 Å². The smallest absolute Gasteiger partial charge is 0.187 e. The van der Waals surface area contributed by atoms with Crippen LogP contribution in [0.25, 0.3) is 0 Å². The number of aliphatic hydroxyl groups excluding tert-OH is 10. The van der Waals surface area contributed by atoms with Gasteiger partial charge < -0.3 is 93.7 Å². The Morgan fingerprint density at radius 1 is 0.620 bits per heavy atom. The Kier molecular flexibility index (Phi) is 15.1. The van der Waals surface area contributed by atoms with Gasteiger partial charge in [0.15, 0.2) is 24.7 Å². The monoisotopic (exact) mass is 1010 g/mol. The second kappa shape index (κ2) is 20.1. The van der Waals surface area contributed by atoms with Crippen LogP contribution in [0.5, 0.6) is 0 Å². The van der Waals surface area contributed by atoms with Gasteiger partial charge in [-0.2, -0.15) is 0 Å². The zero-order valence-electron chi connectivity index (χ0n) is 42.4. The predicted octanol–water partition coefficient (Wildman–Crippen LogP) is 0.757. The van der Waals surface area contributed by atoms with E-state index in [1.807, 2.05) is 0 Å². The van der Waals surface area contributed by atoms with Crippen molar-refractivity contribution in [2.45, 2.75) is 247 Å². The Morgan fingerprint density at radius 2 is 1.31 bits per heavy atom. The molecule has 31 atom stereocenters. The number of hydrogen-bond acceptors (Lipinski definition) is 19. The molecule has 71 heavy (non-hydrogen) atoms. The molecule has 5 aliphatic carbocycles. The zero-order valence-corrected chi connectivity index (χ0v) is 42.4. The van der Waals surface area contributed by atoms with Gasteiger partial charge in [-0.1, -0.05) is 46.3 Å². The second-order valence-electron chi connectivity index (χ2n) is 24.4. The van der Waals surface area contributed by atoms with E-state index in [0.29, 0.717) is 48.3 Å². The fraction of sp³-hybridized carbons (Fsp3) is 0.962. The maximum absolute atomic E-state index is 12.3. The molecule has 10 N–H and O–H groups in total. The van der Waals surface area contributed by atoms with Crippen LogP contribution in [0.15, 0.2) is 11.6 Å². The fourth-order valence-electron chi connectivity index (χ4n) is 15.9. The van der Waals surface area contributed by atoms with Gasteiger partial charge in [0.1, 0.15) is 73.2 Å². The van der Waals surface area contributed by atoms with Gasteiger partial charge in [-0.3, -0.25) is 0 Å². The van der Waals surface area contributed by atoms with Crippen molar-refractivity contribution in [3.8, 4) is 0 Å². The molecule has 0 amide bonds. The third-order valence-electron chi connectivity index (χ3n) is 20.2. The van der Waals surface area contributed by atoms with Crippen LogP contribution < -0.4 is 0 Å². The number of aliphatic hydroxyl groups is 10. The highest BCUT2D eigenvalue weighted by Gasteiger charge is 2.69. The van der Waals surface area contributed by atoms with E-state index in [0.717, 1.165) is 51.6 Å². The standard InChI is InChI=1S/C52H84O19/c1-21-10-15-52(63-20-21)23(3)34-31(71-52)18-30-28-9-8-26-17-27(11-13-50(26,6)29(28)12-14-51(30,34)7)66-49-46(70-47-41(60)39(58)36(55)24(4)64-47)43(62)45(33(19-53)68-49)69-48-42(61)40(59)44(25(5)65-48)67-32-16-22(2)35(54)38(57)37(32)56/h8,21-25,27-49,53-62H,9-20H2,1-7H3/t21-,22+,23-,24-,25-,27-,28+,29-,30+,31-,32+,33+,34-,35-,36-,37-,38+,39+,40-,41+,42+,43-,44-,45+,46+,47-,48-,49+,50-,51-,52+/m0/s1. The van der Waals surface area contributed by atoms with Crippen LogP contribution in [0.1, 0.15) is 113 Å². The van der Waals surface area contributed by atoms with E-state index in [-0.39, 0.29) is 23.4 Å². The number of fused-ring (bicyclic) bond motifs is 7. The summed E-state index contributed by atoms with van der Waals surface area (Å²) in [6, 6.07) is 0. The van der Waals surface area contributed by atoms with Crippen LogP contribution in [0.3, 0.4) is 0 Å². The summed E-state index contributed by atoms with van der Waals surface area (Å²) in [5, 5.41) is 109. The summed E-state index contributed by atoms with van der Waals surface area (Å²) in [4.78, 5) is 0. The molecule has 0 aromatic rings. The lowest BCUT2D eigenvalue weighted by molar-refractivity contribution is -0.390. The average Bonchev–Trinajstić information content (AvgIpc) is 3.79. The summed E-state index contributed by atoms with van der Waals surface area (Å²) in [6.07, 6.45) is -16.2. The second-order valence-corrected chi connectivity index (χ2v) is 24.4.